The van der Waals surface area contributed by atoms with Crippen LogP contribution in [0.4, 0.5) is 11.9 Å². The normalized spacial score (nSPS) is 16.9. The number of benzene rings is 2. The number of nitrogens with one attached hydrogen (secondary N) is 2. The summed E-state index contributed by atoms with van der Waals surface area (Å²) in [7, 11) is 0. The van der Waals surface area contributed by atoms with Crippen molar-refractivity contribution in [3.63, 3.8) is 0 Å². The lowest BCUT2D eigenvalue weighted by Gasteiger charge is -2.34. The zero-order valence-electron chi connectivity index (χ0n) is 33.7. The number of carboxylic acids is 1. The highest BCUT2D eigenvalue weighted by molar-refractivity contribution is 6.04. The van der Waals surface area contributed by atoms with E-state index in [0.29, 0.717) is 96.0 Å². The average molecular weight is 806 g/mol. The van der Waals surface area contributed by atoms with Gasteiger partial charge in [-0.25, -0.2) is 14.8 Å². The monoisotopic (exact) mass is 805 g/mol. The van der Waals surface area contributed by atoms with E-state index < -0.39 is 11.9 Å². The fourth-order valence-corrected chi connectivity index (χ4v) is 7.69. The number of carbonyl (C=O) groups excluding carboxylic acids is 2. The Bertz CT molecular complexity index is 2610. The van der Waals surface area contributed by atoms with Crippen LogP contribution in [-0.4, -0.2) is 112 Å². The highest BCUT2D eigenvalue weighted by Crippen LogP contribution is 2.34. The zero-order valence-corrected chi connectivity index (χ0v) is 33.7. The second-order valence-electron chi connectivity index (χ2n) is 14.6. The number of aromatic carboxylic acids is 1. The molecule has 1 atom stereocenters. The van der Waals surface area contributed by atoms with Crippen molar-refractivity contribution in [2.24, 2.45) is 0 Å². The molecule has 4 aromatic heterocycles. The highest BCUT2D eigenvalue weighted by atomic mass is 16.5. The summed E-state index contributed by atoms with van der Waals surface area (Å²) in [4.78, 5) is 51.9. The minimum absolute atomic E-state index is 0.0110. The SMILES string of the molecule is CCn1nc(C)cc1C(=O)Nc1nc2cc(C)cc3c2n1C/C=C/Cn1c(NC(=O)c2cc(C)nn2CC)nc2cc(C(=O)O)cc(c21)OCC(N1CCOCC1)CO3. The van der Waals surface area contributed by atoms with E-state index in [1.54, 1.807) is 26.1 Å². The third kappa shape index (κ3) is 7.88. The summed E-state index contributed by atoms with van der Waals surface area (Å²) in [5.41, 5.74) is 5.29. The number of aryl methyl sites for hydroxylation is 5. The Morgan fingerprint density at radius 1 is 0.729 bits per heavy atom. The number of ether oxygens (including phenoxy) is 3. The van der Waals surface area contributed by atoms with E-state index >= 15 is 0 Å². The van der Waals surface area contributed by atoms with E-state index in [0.717, 1.165) is 11.3 Å². The summed E-state index contributed by atoms with van der Waals surface area (Å²) in [6, 6.07) is 10.0. The third-order valence-corrected chi connectivity index (χ3v) is 10.5. The number of nitrogens with zero attached hydrogens (tertiary/aromatic N) is 9. The van der Waals surface area contributed by atoms with Crippen molar-refractivity contribution >= 4 is 51.7 Å². The molecule has 2 aromatic carbocycles. The molecule has 0 radical (unpaired) electrons. The number of morpholine rings is 1. The van der Waals surface area contributed by atoms with E-state index in [9.17, 15) is 19.5 Å². The van der Waals surface area contributed by atoms with Gasteiger partial charge in [-0.1, -0.05) is 12.2 Å². The minimum atomic E-state index is -1.14. The van der Waals surface area contributed by atoms with Crippen LogP contribution >= 0.6 is 0 Å². The van der Waals surface area contributed by atoms with E-state index in [4.69, 9.17) is 24.2 Å². The van der Waals surface area contributed by atoms with Crippen LogP contribution < -0.4 is 20.1 Å². The van der Waals surface area contributed by atoms with Crippen molar-refractivity contribution in [1.82, 2.24) is 43.6 Å². The lowest BCUT2D eigenvalue weighted by atomic mass is 10.1. The van der Waals surface area contributed by atoms with Gasteiger partial charge in [-0.3, -0.25) is 34.5 Å². The molecule has 59 heavy (non-hydrogen) atoms. The van der Waals surface area contributed by atoms with Gasteiger partial charge in [0.15, 0.2) is 0 Å². The smallest absolute Gasteiger partial charge is 0.335 e. The van der Waals surface area contributed by atoms with Crippen molar-refractivity contribution < 1.29 is 33.7 Å². The molecule has 2 aliphatic rings. The number of carbonyl (C=O) groups is 3. The summed E-state index contributed by atoms with van der Waals surface area (Å²) >= 11 is 0. The van der Waals surface area contributed by atoms with Gasteiger partial charge in [0.25, 0.3) is 11.8 Å². The van der Waals surface area contributed by atoms with Gasteiger partial charge < -0.3 is 28.5 Å². The van der Waals surface area contributed by atoms with Gasteiger partial charge >= 0.3 is 5.97 Å². The summed E-state index contributed by atoms with van der Waals surface area (Å²) in [5.74, 6) is -0.504. The molecule has 0 aliphatic carbocycles. The number of carboxylic acid groups (broad SMARTS) is 1. The Kier molecular flexibility index (Phi) is 10.9. The van der Waals surface area contributed by atoms with Crippen molar-refractivity contribution in [3.05, 3.63) is 82.5 Å². The second-order valence-corrected chi connectivity index (χ2v) is 14.6. The average Bonchev–Trinajstić information content (AvgIpc) is 3.98. The van der Waals surface area contributed by atoms with Crippen LogP contribution in [0, 0.1) is 20.8 Å². The fraction of sp³-hybridized carbons (Fsp3) is 0.390. The zero-order chi connectivity index (χ0) is 41.4. The first-order valence-electron chi connectivity index (χ1n) is 19.7. The van der Waals surface area contributed by atoms with Crippen LogP contribution in [0.2, 0.25) is 0 Å². The van der Waals surface area contributed by atoms with Gasteiger partial charge in [0, 0.05) is 39.3 Å². The van der Waals surface area contributed by atoms with Crippen molar-refractivity contribution in [1.29, 1.82) is 0 Å². The van der Waals surface area contributed by atoms with Crippen LogP contribution in [0.3, 0.4) is 0 Å². The second kappa shape index (κ2) is 16.4. The van der Waals surface area contributed by atoms with Gasteiger partial charge in [-0.2, -0.15) is 10.2 Å². The van der Waals surface area contributed by atoms with Crippen LogP contribution in [0.15, 0.2) is 48.6 Å². The molecule has 0 saturated carbocycles. The van der Waals surface area contributed by atoms with Crippen LogP contribution in [-0.2, 0) is 30.9 Å². The molecule has 6 aromatic rings. The highest BCUT2D eigenvalue weighted by Gasteiger charge is 2.27. The molecule has 0 bridgehead atoms. The Balaban J connectivity index is 1.25. The quantitative estimate of drug-likeness (QED) is 0.180. The molecule has 6 heterocycles. The lowest BCUT2D eigenvalue weighted by molar-refractivity contribution is -0.00548. The fourth-order valence-electron chi connectivity index (χ4n) is 7.69. The van der Waals surface area contributed by atoms with Gasteiger partial charge in [0.05, 0.1) is 47.2 Å². The van der Waals surface area contributed by atoms with Gasteiger partial charge in [-0.05, 0) is 76.6 Å². The van der Waals surface area contributed by atoms with Gasteiger partial charge in [0.2, 0.25) is 11.9 Å². The Morgan fingerprint density at radius 2 is 1.24 bits per heavy atom. The van der Waals surface area contributed by atoms with Crippen molar-refractivity contribution in [2.45, 2.75) is 66.8 Å². The van der Waals surface area contributed by atoms with Crippen molar-refractivity contribution in [2.75, 3.05) is 50.2 Å². The van der Waals surface area contributed by atoms with Gasteiger partial charge in [-0.15, -0.1) is 0 Å². The predicted molar refractivity (Wildman–Crippen MR) is 219 cm³/mol. The third-order valence-electron chi connectivity index (χ3n) is 10.5. The topological polar surface area (TPSA) is 198 Å². The first-order valence-corrected chi connectivity index (χ1v) is 19.7. The molecule has 308 valence electrons. The van der Waals surface area contributed by atoms with Crippen LogP contribution in [0.5, 0.6) is 11.5 Å². The van der Waals surface area contributed by atoms with Crippen molar-refractivity contribution in [3.8, 4) is 11.5 Å². The van der Waals surface area contributed by atoms with E-state index in [2.05, 4.69) is 25.7 Å². The largest absolute Gasteiger partial charge is 0.490 e. The maximum Gasteiger partial charge on any atom is 0.335 e. The summed E-state index contributed by atoms with van der Waals surface area (Å²) in [6.07, 6.45) is 3.83. The molecule has 18 heteroatoms. The van der Waals surface area contributed by atoms with E-state index in [-0.39, 0.29) is 49.8 Å². The Labute approximate surface area is 339 Å². The van der Waals surface area contributed by atoms with Crippen LogP contribution in [0.25, 0.3) is 22.1 Å². The maximum atomic E-state index is 13.8. The summed E-state index contributed by atoms with van der Waals surface area (Å²) < 4.78 is 26.0. The summed E-state index contributed by atoms with van der Waals surface area (Å²) in [5, 5.41) is 25.0. The molecule has 0 spiro atoms. The standard InChI is InChI=1S/C41H47N11O7/c1-6-51-31(18-25(4)46-51)37(53)44-40-42-29-16-24(3)17-33-35(29)49(40)10-8-9-11-50-36-30(43-41(50)45-38(54)32-19-26(5)47-52(32)7-2)20-27(39(55)56)21-34(36)59-23-28(22-58-33)48-12-14-57-15-13-48/h8-9,16-21,28H,6-7,10-15,22-23H2,1-5H3,(H,55,56)(H,42,44,53)(H,43,45,54)/b9-8+. The Morgan fingerprint density at radius 3 is 1.75 bits per heavy atom. The molecule has 1 unspecified atom stereocenters. The maximum absolute atomic E-state index is 13.8. The molecule has 1 fully saturated rings. The molecule has 8 rings (SSSR count). The molecule has 18 nitrogen and oxygen atoms in total. The molecule has 1 saturated heterocycles. The predicted octanol–water partition coefficient (Wildman–Crippen LogP) is 4.68. The first kappa shape index (κ1) is 39.3. The molecular formula is C41H47N11O7. The molecular weight excluding hydrogens is 759 g/mol. The number of amides is 2. The number of anilines is 2. The van der Waals surface area contributed by atoms with E-state index in [1.807, 2.05) is 63.5 Å². The number of aromatic nitrogens is 8. The number of allylic oxidation sites excluding steroid dienone is 2. The molecule has 3 N–H and O–H groups in total. The number of hydrogen-bond donors (Lipinski definition) is 3. The number of rotatable bonds is 8. The number of hydrogen-bond acceptors (Lipinski definition) is 11. The molecule has 2 amide bonds. The van der Waals surface area contributed by atoms with E-state index in [1.165, 1.54) is 12.1 Å². The molecule has 2 aliphatic heterocycles. The first-order chi connectivity index (χ1) is 28.5. The number of imidazole rings is 2. The minimum Gasteiger partial charge on any atom is -0.490 e. The van der Waals surface area contributed by atoms with Gasteiger partial charge in [0.1, 0.15) is 47.1 Å². The van der Waals surface area contributed by atoms with Crippen LogP contribution in [0.1, 0.15) is 62.1 Å². The Hall–Kier alpha value is -6.53. The lowest BCUT2D eigenvalue weighted by Crippen LogP contribution is -2.49. The summed E-state index contributed by atoms with van der Waals surface area (Å²) in [6.45, 7) is 13.6.